The summed E-state index contributed by atoms with van der Waals surface area (Å²) in [7, 11) is 2.51. The largest absolute Gasteiger partial charge is 0.492 e. The Morgan fingerprint density at radius 3 is 2.39 bits per heavy atom. The summed E-state index contributed by atoms with van der Waals surface area (Å²) < 4.78 is 19.0. The van der Waals surface area contributed by atoms with Gasteiger partial charge in [0.15, 0.2) is 5.69 Å². The van der Waals surface area contributed by atoms with Gasteiger partial charge < -0.3 is 14.2 Å². The normalized spacial score (nSPS) is 10.6. The van der Waals surface area contributed by atoms with Crippen molar-refractivity contribution in [3.63, 3.8) is 0 Å². The summed E-state index contributed by atoms with van der Waals surface area (Å²) in [4.78, 5) is 25.6. The average molecular weight is 599 g/mol. The fraction of sp³-hybridized carbons (Fsp3) is 0.227. The van der Waals surface area contributed by atoms with E-state index in [9.17, 15) is 9.59 Å². The zero-order chi connectivity index (χ0) is 22.5. The standard InChI is InChI=1S/C22H20BrIN2O5/c1-4-10-31-20-15(11-13(23)12-16(20)24)18-17(21(27)29-2)19(22(28)30-3)26(25-18)14-8-6-5-7-9-14/h5-9,11-12H,4,10H2,1-3H3. The lowest BCUT2D eigenvalue weighted by Crippen LogP contribution is -2.15. The number of carbonyl (C=O) groups is 2. The molecule has 0 saturated carbocycles. The van der Waals surface area contributed by atoms with E-state index in [1.54, 1.807) is 18.2 Å². The fourth-order valence-corrected chi connectivity index (χ4v) is 4.70. The lowest BCUT2D eigenvalue weighted by atomic mass is 10.0. The SMILES string of the molecule is CCCOc1c(I)cc(Br)cc1-c1nn(-c2ccccc2)c(C(=O)OC)c1C(=O)OC. The predicted molar refractivity (Wildman–Crippen MR) is 128 cm³/mol. The van der Waals surface area contributed by atoms with Crippen LogP contribution < -0.4 is 4.74 Å². The molecule has 0 bridgehead atoms. The van der Waals surface area contributed by atoms with E-state index in [-0.39, 0.29) is 17.0 Å². The van der Waals surface area contributed by atoms with Gasteiger partial charge in [0, 0.05) is 10.0 Å². The maximum atomic E-state index is 12.9. The van der Waals surface area contributed by atoms with E-state index in [4.69, 9.17) is 14.2 Å². The quantitative estimate of drug-likeness (QED) is 0.272. The Balaban J connectivity index is 2.40. The van der Waals surface area contributed by atoms with Gasteiger partial charge in [0.25, 0.3) is 0 Å². The smallest absolute Gasteiger partial charge is 0.357 e. The maximum absolute atomic E-state index is 12.9. The maximum Gasteiger partial charge on any atom is 0.357 e. The molecule has 0 N–H and O–H groups in total. The first-order valence-electron chi connectivity index (χ1n) is 9.40. The number of methoxy groups -OCH3 is 2. The Hall–Kier alpha value is -2.40. The van der Waals surface area contributed by atoms with Crippen LogP contribution in [0.15, 0.2) is 46.9 Å². The highest BCUT2D eigenvalue weighted by Crippen LogP contribution is 2.40. The minimum Gasteiger partial charge on any atom is -0.492 e. The van der Waals surface area contributed by atoms with E-state index in [0.717, 1.165) is 14.5 Å². The van der Waals surface area contributed by atoms with Crippen LogP contribution >= 0.6 is 38.5 Å². The van der Waals surface area contributed by atoms with Crippen LogP contribution in [0.2, 0.25) is 0 Å². The van der Waals surface area contributed by atoms with Crippen molar-refractivity contribution in [2.45, 2.75) is 13.3 Å². The average Bonchev–Trinajstić information content (AvgIpc) is 3.18. The number of para-hydroxylation sites is 1. The molecule has 0 saturated heterocycles. The van der Waals surface area contributed by atoms with E-state index in [1.807, 2.05) is 31.2 Å². The molecule has 0 amide bonds. The highest BCUT2D eigenvalue weighted by molar-refractivity contribution is 14.1. The molecule has 1 aromatic heterocycles. The lowest BCUT2D eigenvalue weighted by molar-refractivity contribution is 0.0549. The molecule has 0 aliphatic carbocycles. The molecular formula is C22H20BrIN2O5. The number of benzene rings is 2. The Bertz CT molecular complexity index is 1110. The second-order valence-corrected chi connectivity index (χ2v) is 8.49. The molecule has 0 unspecified atom stereocenters. The van der Waals surface area contributed by atoms with E-state index >= 15 is 0 Å². The van der Waals surface area contributed by atoms with E-state index < -0.39 is 11.9 Å². The molecule has 3 aromatic rings. The van der Waals surface area contributed by atoms with E-state index in [2.05, 4.69) is 43.6 Å². The van der Waals surface area contributed by atoms with Crippen molar-refractivity contribution >= 4 is 50.5 Å². The first kappa shape index (κ1) is 23.3. The van der Waals surface area contributed by atoms with Crippen molar-refractivity contribution in [1.82, 2.24) is 9.78 Å². The van der Waals surface area contributed by atoms with Gasteiger partial charge in [-0.3, -0.25) is 0 Å². The number of ether oxygens (including phenoxy) is 3. The third-order valence-corrected chi connectivity index (χ3v) is 5.63. The molecule has 2 aromatic carbocycles. The molecule has 7 nitrogen and oxygen atoms in total. The lowest BCUT2D eigenvalue weighted by Gasteiger charge is -2.13. The summed E-state index contributed by atoms with van der Waals surface area (Å²) >= 11 is 5.67. The van der Waals surface area contributed by atoms with Crippen LogP contribution in [0.4, 0.5) is 0 Å². The third-order valence-electron chi connectivity index (χ3n) is 4.37. The van der Waals surface area contributed by atoms with Crippen LogP contribution in [0, 0.1) is 3.57 Å². The van der Waals surface area contributed by atoms with Crippen LogP contribution in [0.3, 0.4) is 0 Å². The first-order valence-corrected chi connectivity index (χ1v) is 11.3. The zero-order valence-electron chi connectivity index (χ0n) is 17.1. The molecule has 3 rings (SSSR count). The second kappa shape index (κ2) is 10.3. The van der Waals surface area contributed by atoms with Gasteiger partial charge in [0.2, 0.25) is 0 Å². The van der Waals surface area contributed by atoms with Gasteiger partial charge in [-0.1, -0.05) is 41.1 Å². The van der Waals surface area contributed by atoms with Gasteiger partial charge in [0.05, 0.1) is 30.1 Å². The molecule has 0 atom stereocenters. The van der Waals surface area contributed by atoms with E-state index in [1.165, 1.54) is 18.9 Å². The number of esters is 2. The molecule has 31 heavy (non-hydrogen) atoms. The Kier molecular flexibility index (Phi) is 7.71. The van der Waals surface area contributed by atoms with Crippen LogP contribution in [-0.4, -0.2) is 42.5 Å². The summed E-state index contributed by atoms with van der Waals surface area (Å²) in [6.45, 7) is 2.49. The highest BCUT2D eigenvalue weighted by Gasteiger charge is 2.33. The molecule has 1 heterocycles. The molecule has 0 aliphatic rings. The topological polar surface area (TPSA) is 79.7 Å². The van der Waals surface area contributed by atoms with Gasteiger partial charge in [-0.25, -0.2) is 14.3 Å². The van der Waals surface area contributed by atoms with Gasteiger partial charge in [-0.2, -0.15) is 5.10 Å². The number of rotatable bonds is 7. The number of halogens is 2. The number of aromatic nitrogens is 2. The molecule has 0 aliphatic heterocycles. The number of hydrogen-bond donors (Lipinski definition) is 0. The van der Waals surface area contributed by atoms with Crippen molar-refractivity contribution in [3.05, 3.63) is 61.8 Å². The minimum absolute atomic E-state index is 0.00783. The van der Waals surface area contributed by atoms with Crippen LogP contribution in [0.1, 0.15) is 34.2 Å². The van der Waals surface area contributed by atoms with Crippen molar-refractivity contribution in [1.29, 1.82) is 0 Å². The minimum atomic E-state index is -0.705. The Morgan fingerprint density at radius 2 is 1.77 bits per heavy atom. The third kappa shape index (κ3) is 4.77. The highest BCUT2D eigenvalue weighted by atomic mass is 127. The number of nitrogens with zero attached hydrogens (tertiary/aromatic N) is 2. The van der Waals surface area contributed by atoms with Crippen LogP contribution in [0.25, 0.3) is 16.9 Å². The molecule has 0 radical (unpaired) electrons. The Labute approximate surface area is 202 Å². The molecule has 9 heteroatoms. The fourth-order valence-electron chi connectivity index (χ4n) is 3.03. The Morgan fingerprint density at radius 1 is 1.10 bits per heavy atom. The first-order chi connectivity index (χ1) is 14.9. The van der Waals surface area contributed by atoms with Crippen molar-refractivity contribution in [3.8, 4) is 22.7 Å². The molecular weight excluding hydrogens is 579 g/mol. The summed E-state index contributed by atoms with van der Waals surface area (Å²) in [5.41, 5.74) is 1.41. The molecule has 0 spiro atoms. The number of carbonyl (C=O) groups excluding carboxylic acids is 2. The van der Waals surface area contributed by atoms with Crippen LogP contribution in [0.5, 0.6) is 5.75 Å². The van der Waals surface area contributed by atoms with Gasteiger partial charge in [-0.15, -0.1) is 0 Å². The van der Waals surface area contributed by atoms with Crippen LogP contribution in [-0.2, 0) is 9.47 Å². The monoisotopic (exact) mass is 598 g/mol. The van der Waals surface area contributed by atoms with Gasteiger partial charge in [-0.05, 0) is 53.3 Å². The van der Waals surface area contributed by atoms with Gasteiger partial charge in [0.1, 0.15) is 17.0 Å². The summed E-state index contributed by atoms with van der Waals surface area (Å²) in [5, 5.41) is 4.65. The summed E-state index contributed by atoms with van der Waals surface area (Å²) in [6.07, 6.45) is 0.807. The molecule has 0 fully saturated rings. The van der Waals surface area contributed by atoms with Crippen molar-refractivity contribution < 1.29 is 23.8 Å². The molecule has 162 valence electrons. The predicted octanol–water partition coefficient (Wildman–Crippen LogP) is 5.27. The number of hydrogen-bond acceptors (Lipinski definition) is 6. The van der Waals surface area contributed by atoms with E-state index in [0.29, 0.717) is 23.6 Å². The van der Waals surface area contributed by atoms with Gasteiger partial charge >= 0.3 is 11.9 Å². The zero-order valence-corrected chi connectivity index (χ0v) is 20.9. The van der Waals surface area contributed by atoms with Crippen molar-refractivity contribution in [2.75, 3.05) is 20.8 Å². The second-order valence-electron chi connectivity index (χ2n) is 6.42. The summed E-state index contributed by atoms with van der Waals surface area (Å²) in [5.74, 6) is -0.831. The van der Waals surface area contributed by atoms with Crippen molar-refractivity contribution in [2.24, 2.45) is 0 Å². The summed E-state index contributed by atoms with van der Waals surface area (Å²) in [6, 6.07) is 12.7.